The predicted octanol–water partition coefficient (Wildman–Crippen LogP) is 4.30. The molecule has 0 aromatic heterocycles. The van der Waals surface area contributed by atoms with Gasteiger partial charge in [0.2, 0.25) is 0 Å². The molecule has 0 atom stereocenters. The Morgan fingerprint density at radius 1 is 1.16 bits per heavy atom. The van der Waals surface area contributed by atoms with Crippen LogP contribution in [-0.2, 0) is 5.41 Å². The van der Waals surface area contributed by atoms with Gasteiger partial charge in [0.15, 0.2) is 0 Å². The lowest BCUT2D eigenvalue weighted by Gasteiger charge is -2.23. The predicted molar refractivity (Wildman–Crippen MR) is 101 cm³/mol. The number of likely N-dealkylation sites (N-methyl/N-ethyl adjacent to an activating group) is 1. The maximum atomic E-state index is 10.6. The molecule has 1 aliphatic heterocycles. The summed E-state index contributed by atoms with van der Waals surface area (Å²) in [4.78, 5) is 12.4. The first-order valence-corrected chi connectivity index (χ1v) is 7.99. The van der Waals surface area contributed by atoms with E-state index in [0.29, 0.717) is 5.69 Å². The van der Waals surface area contributed by atoms with Crippen LogP contribution in [0.4, 0.5) is 17.1 Å². The van der Waals surface area contributed by atoms with Crippen molar-refractivity contribution in [1.82, 2.24) is 0 Å². The van der Waals surface area contributed by atoms with Gasteiger partial charge in [0.1, 0.15) is 0 Å². The number of anilines is 2. The quantitative estimate of drug-likeness (QED) is 0.513. The van der Waals surface area contributed by atoms with Gasteiger partial charge in [-0.15, -0.1) is 0 Å². The van der Waals surface area contributed by atoms with Gasteiger partial charge in [-0.3, -0.25) is 15.5 Å². The summed E-state index contributed by atoms with van der Waals surface area (Å²) in [6, 6.07) is 14.5. The van der Waals surface area contributed by atoms with Crippen molar-refractivity contribution in [2.45, 2.75) is 19.3 Å². The molecule has 2 aromatic carbocycles. The minimum atomic E-state index is -0.423. The molecule has 6 heteroatoms. The first-order valence-electron chi connectivity index (χ1n) is 7.99. The van der Waals surface area contributed by atoms with Crippen molar-refractivity contribution >= 4 is 23.3 Å². The highest BCUT2D eigenvalue weighted by Crippen LogP contribution is 2.46. The lowest BCUT2D eigenvalue weighted by Crippen LogP contribution is -2.23. The van der Waals surface area contributed by atoms with Gasteiger partial charge in [0.05, 0.1) is 10.6 Å². The second kappa shape index (κ2) is 6.39. The van der Waals surface area contributed by atoms with Crippen LogP contribution in [0.2, 0.25) is 0 Å². The van der Waals surface area contributed by atoms with E-state index in [9.17, 15) is 10.1 Å². The van der Waals surface area contributed by atoms with E-state index in [-0.39, 0.29) is 11.1 Å². The monoisotopic (exact) mass is 336 g/mol. The zero-order valence-corrected chi connectivity index (χ0v) is 14.4. The second-order valence-electron chi connectivity index (χ2n) is 6.45. The molecule has 1 N–H and O–H groups in total. The first kappa shape index (κ1) is 16.7. The number of rotatable bonds is 4. The van der Waals surface area contributed by atoms with E-state index < -0.39 is 4.92 Å². The smallest absolute Gasteiger partial charge is 0.269 e. The standard InChI is InChI=1S/C19H20N4O2/c1-19(2)16-6-4-5-7-17(16)22(3)18(19)12-13-20-21-14-8-10-15(11-9-14)23(24)25/h4-13,21H,1-3H3/b18-12?,20-13-. The summed E-state index contributed by atoms with van der Waals surface area (Å²) in [7, 11) is 2.05. The molecule has 1 heterocycles. The molecular formula is C19H20N4O2. The number of nitrogens with zero attached hydrogens (tertiary/aromatic N) is 3. The van der Waals surface area contributed by atoms with Crippen LogP contribution in [0.1, 0.15) is 19.4 Å². The molecule has 6 nitrogen and oxygen atoms in total. The normalized spacial score (nSPS) is 17.1. The van der Waals surface area contributed by atoms with Crippen molar-refractivity contribution in [1.29, 1.82) is 0 Å². The molecule has 3 rings (SSSR count). The summed E-state index contributed by atoms with van der Waals surface area (Å²) in [5, 5.41) is 14.8. The largest absolute Gasteiger partial charge is 0.347 e. The van der Waals surface area contributed by atoms with Crippen LogP contribution in [0.25, 0.3) is 0 Å². The first-order chi connectivity index (χ1) is 11.9. The SMILES string of the molecule is CN1C(=C/C=N\Nc2ccc([N+](=O)[O-])cc2)C(C)(C)c2ccccc21. The molecule has 0 saturated carbocycles. The second-order valence-corrected chi connectivity index (χ2v) is 6.45. The van der Waals surface area contributed by atoms with Gasteiger partial charge < -0.3 is 4.90 Å². The van der Waals surface area contributed by atoms with Crippen molar-refractivity contribution in [2.24, 2.45) is 5.10 Å². The van der Waals surface area contributed by atoms with E-state index in [1.807, 2.05) is 12.1 Å². The molecule has 128 valence electrons. The Morgan fingerprint density at radius 3 is 2.48 bits per heavy atom. The maximum absolute atomic E-state index is 10.6. The Kier molecular flexibility index (Phi) is 4.27. The molecular weight excluding hydrogens is 316 g/mol. The minimum absolute atomic E-state index is 0.0590. The Labute approximate surface area is 146 Å². The van der Waals surface area contributed by atoms with Crippen LogP contribution in [-0.4, -0.2) is 18.2 Å². The number of non-ortho nitro benzene ring substituents is 1. The van der Waals surface area contributed by atoms with E-state index in [4.69, 9.17) is 0 Å². The summed E-state index contributed by atoms with van der Waals surface area (Å²) < 4.78 is 0. The fourth-order valence-corrected chi connectivity index (χ4v) is 3.18. The van der Waals surface area contributed by atoms with Crippen molar-refractivity contribution < 1.29 is 4.92 Å². The third-order valence-electron chi connectivity index (χ3n) is 4.52. The van der Waals surface area contributed by atoms with Gasteiger partial charge in [-0.05, 0) is 29.8 Å². The number of nitrogens with one attached hydrogen (secondary N) is 1. The van der Waals surface area contributed by atoms with E-state index in [0.717, 1.165) is 5.70 Å². The third-order valence-corrected chi connectivity index (χ3v) is 4.52. The molecule has 2 aromatic rings. The molecule has 0 bridgehead atoms. The lowest BCUT2D eigenvalue weighted by atomic mass is 9.84. The Balaban J connectivity index is 1.74. The number of benzene rings is 2. The molecule has 1 aliphatic rings. The van der Waals surface area contributed by atoms with Gasteiger partial charge in [0, 0.05) is 42.2 Å². The van der Waals surface area contributed by atoms with Gasteiger partial charge in [-0.1, -0.05) is 32.0 Å². The summed E-state index contributed by atoms with van der Waals surface area (Å²) >= 11 is 0. The summed E-state index contributed by atoms with van der Waals surface area (Å²) in [5.74, 6) is 0. The highest BCUT2D eigenvalue weighted by atomic mass is 16.6. The van der Waals surface area contributed by atoms with Gasteiger partial charge in [0.25, 0.3) is 5.69 Å². The molecule has 0 radical (unpaired) electrons. The van der Waals surface area contributed by atoms with Crippen LogP contribution >= 0.6 is 0 Å². The minimum Gasteiger partial charge on any atom is -0.347 e. The van der Waals surface area contributed by atoms with Crippen LogP contribution in [0.3, 0.4) is 0 Å². The molecule has 0 spiro atoms. The van der Waals surface area contributed by atoms with Crippen molar-refractivity contribution in [3.05, 3.63) is 76.0 Å². The van der Waals surface area contributed by atoms with Gasteiger partial charge in [-0.25, -0.2) is 0 Å². The molecule has 0 amide bonds. The number of nitro groups is 1. The van der Waals surface area contributed by atoms with Crippen LogP contribution in [0.5, 0.6) is 0 Å². The van der Waals surface area contributed by atoms with E-state index in [1.165, 1.54) is 23.4 Å². The Morgan fingerprint density at radius 2 is 1.84 bits per heavy atom. The molecule has 0 saturated heterocycles. The average molecular weight is 336 g/mol. The van der Waals surface area contributed by atoms with Gasteiger partial charge in [-0.2, -0.15) is 5.10 Å². The summed E-state index contributed by atoms with van der Waals surface area (Å²) in [6.45, 7) is 4.39. The summed E-state index contributed by atoms with van der Waals surface area (Å²) in [6.07, 6.45) is 3.69. The number of fused-ring (bicyclic) bond motifs is 1. The topological polar surface area (TPSA) is 70.8 Å². The Bertz CT molecular complexity index is 854. The lowest BCUT2D eigenvalue weighted by molar-refractivity contribution is -0.384. The van der Waals surface area contributed by atoms with Crippen molar-refractivity contribution in [3.63, 3.8) is 0 Å². The van der Waals surface area contributed by atoms with E-state index in [1.54, 1.807) is 18.3 Å². The molecule has 0 aliphatic carbocycles. The van der Waals surface area contributed by atoms with Crippen molar-refractivity contribution in [3.8, 4) is 0 Å². The van der Waals surface area contributed by atoms with Gasteiger partial charge >= 0.3 is 0 Å². The third kappa shape index (κ3) is 3.10. The van der Waals surface area contributed by atoms with Crippen molar-refractivity contribution in [2.75, 3.05) is 17.4 Å². The molecule has 25 heavy (non-hydrogen) atoms. The number of allylic oxidation sites excluding steroid dienone is 2. The number of para-hydroxylation sites is 1. The van der Waals surface area contributed by atoms with E-state index >= 15 is 0 Å². The van der Waals surface area contributed by atoms with Crippen LogP contribution in [0.15, 0.2) is 65.4 Å². The number of hydrazone groups is 1. The number of hydrogen-bond acceptors (Lipinski definition) is 5. The highest BCUT2D eigenvalue weighted by Gasteiger charge is 2.37. The Hall–Kier alpha value is -3.15. The summed E-state index contributed by atoms with van der Waals surface area (Å²) in [5.41, 5.74) is 7.20. The van der Waals surface area contributed by atoms with E-state index in [2.05, 4.69) is 54.5 Å². The zero-order valence-electron chi connectivity index (χ0n) is 14.4. The highest BCUT2D eigenvalue weighted by molar-refractivity contribution is 5.79. The number of hydrogen-bond donors (Lipinski definition) is 1. The molecule has 0 fully saturated rings. The number of nitro benzene ring substituents is 1. The van der Waals surface area contributed by atoms with Crippen LogP contribution < -0.4 is 10.3 Å². The van der Waals surface area contributed by atoms with Crippen LogP contribution in [0, 0.1) is 10.1 Å². The maximum Gasteiger partial charge on any atom is 0.269 e. The zero-order chi connectivity index (χ0) is 18.0. The average Bonchev–Trinajstić information content (AvgIpc) is 2.79. The fraction of sp³-hybridized carbons (Fsp3) is 0.211. The fourth-order valence-electron chi connectivity index (χ4n) is 3.18. The molecule has 0 unspecified atom stereocenters.